The highest BCUT2D eigenvalue weighted by atomic mass is 32.2. The molecule has 3 aromatic rings. The Kier molecular flexibility index (Phi) is 8.77. The molecule has 0 aliphatic heterocycles. The second-order valence-electron chi connectivity index (χ2n) is 7.88. The molecule has 2 aromatic carbocycles. The van der Waals surface area contributed by atoms with Crippen LogP contribution < -0.4 is 5.32 Å². The van der Waals surface area contributed by atoms with Crippen LogP contribution in [0.1, 0.15) is 54.8 Å². The number of aromatic nitrogens is 1. The Morgan fingerprint density at radius 2 is 1.58 bits per heavy atom. The predicted octanol–water partition coefficient (Wildman–Crippen LogP) is 5.96. The SMILES string of the molecule is CCCCN(CCCC)S(=O)(=O)c1ccc(C(=O)Nc2nc(-c3ccccc3)c(C)s2)cc1. The summed E-state index contributed by atoms with van der Waals surface area (Å²) in [5.41, 5.74) is 2.23. The summed E-state index contributed by atoms with van der Waals surface area (Å²) in [5, 5.41) is 3.35. The molecule has 0 spiro atoms. The van der Waals surface area contributed by atoms with Crippen LogP contribution >= 0.6 is 11.3 Å². The van der Waals surface area contributed by atoms with E-state index in [9.17, 15) is 13.2 Å². The molecule has 0 unspecified atom stereocenters. The predicted molar refractivity (Wildman–Crippen MR) is 135 cm³/mol. The molecule has 0 atom stereocenters. The normalized spacial score (nSPS) is 11.6. The van der Waals surface area contributed by atoms with E-state index in [2.05, 4.69) is 10.3 Å². The van der Waals surface area contributed by atoms with Gasteiger partial charge in [-0.3, -0.25) is 10.1 Å². The van der Waals surface area contributed by atoms with Gasteiger partial charge in [-0.25, -0.2) is 13.4 Å². The summed E-state index contributed by atoms with van der Waals surface area (Å²) in [6.07, 6.45) is 3.50. The number of sulfonamides is 1. The maximum absolute atomic E-state index is 13.1. The van der Waals surface area contributed by atoms with Crippen LogP contribution in [0.3, 0.4) is 0 Å². The summed E-state index contributed by atoms with van der Waals surface area (Å²) in [7, 11) is -3.59. The molecule has 176 valence electrons. The molecule has 1 N–H and O–H groups in total. The van der Waals surface area contributed by atoms with E-state index in [0.717, 1.165) is 41.8 Å². The van der Waals surface area contributed by atoms with Gasteiger partial charge in [0.1, 0.15) is 0 Å². The number of hydrogen-bond donors (Lipinski definition) is 1. The Labute approximate surface area is 200 Å². The van der Waals surface area contributed by atoms with Crippen LogP contribution in [-0.2, 0) is 10.0 Å². The number of hydrogen-bond acceptors (Lipinski definition) is 5. The molecule has 33 heavy (non-hydrogen) atoms. The fourth-order valence-corrected chi connectivity index (χ4v) is 5.78. The zero-order chi connectivity index (χ0) is 23.8. The van der Waals surface area contributed by atoms with Crippen molar-refractivity contribution in [3.8, 4) is 11.3 Å². The Balaban J connectivity index is 1.73. The number of thiazole rings is 1. The molecule has 1 aromatic heterocycles. The number of carbonyl (C=O) groups excluding carboxylic acids is 1. The maximum atomic E-state index is 13.1. The van der Waals surface area contributed by atoms with Crippen LogP contribution in [0.15, 0.2) is 59.5 Å². The zero-order valence-electron chi connectivity index (χ0n) is 19.4. The summed E-state index contributed by atoms with van der Waals surface area (Å²) in [6.45, 7) is 7.08. The number of rotatable bonds is 11. The van der Waals surface area contributed by atoms with Gasteiger partial charge in [0.15, 0.2) is 5.13 Å². The van der Waals surface area contributed by atoms with Crippen LogP contribution in [0.4, 0.5) is 5.13 Å². The molecule has 1 amide bonds. The summed E-state index contributed by atoms with van der Waals surface area (Å²) in [4.78, 5) is 18.5. The van der Waals surface area contributed by atoms with E-state index < -0.39 is 10.0 Å². The number of unbranched alkanes of at least 4 members (excludes halogenated alkanes) is 2. The van der Waals surface area contributed by atoms with Gasteiger partial charge in [-0.15, -0.1) is 11.3 Å². The fraction of sp³-hybridized carbons (Fsp3) is 0.360. The van der Waals surface area contributed by atoms with Crippen LogP contribution in [-0.4, -0.2) is 36.7 Å². The third-order valence-electron chi connectivity index (χ3n) is 5.34. The minimum Gasteiger partial charge on any atom is -0.298 e. The Hall–Kier alpha value is -2.55. The van der Waals surface area contributed by atoms with Gasteiger partial charge in [-0.2, -0.15) is 4.31 Å². The summed E-state index contributed by atoms with van der Waals surface area (Å²) in [6, 6.07) is 16.0. The topological polar surface area (TPSA) is 79.4 Å². The van der Waals surface area contributed by atoms with E-state index in [4.69, 9.17) is 0 Å². The van der Waals surface area contributed by atoms with Crippen LogP contribution in [0.2, 0.25) is 0 Å². The first-order valence-electron chi connectivity index (χ1n) is 11.3. The van der Waals surface area contributed by atoms with Crippen LogP contribution in [0.5, 0.6) is 0 Å². The molecule has 0 aliphatic carbocycles. The van der Waals surface area contributed by atoms with Crippen LogP contribution in [0, 0.1) is 6.92 Å². The van der Waals surface area contributed by atoms with Crippen LogP contribution in [0.25, 0.3) is 11.3 Å². The van der Waals surface area contributed by atoms with E-state index in [1.165, 1.54) is 23.5 Å². The van der Waals surface area contributed by atoms with Crippen molar-refractivity contribution in [1.82, 2.24) is 9.29 Å². The molecule has 0 saturated carbocycles. The number of carbonyl (C=O) groups is 1. The largest absolute Gasteiger partial charge is 0.298 e. The Morgan fingerprint density at radius 3 is 2.15 bits per heavy atom. The van der Waals surface area contributed by atoms with Crippen molar-refractivity contribution in [3.63, 3.8) is 0 Å². The standard InChI is InChI=1S/C25H31N3O3S2/c1-4-6-17-28(18-7-5-2)33(30,31)22-15-13-21(14-16-22)24(29)27-25-26-23(19(3)32-25)20-11-9-8-10-12-20/h8-16H,4-7,17-18H2,1-3H3,(H,26,27,29). The summed E-state index contributed by atoms with van der Waals surface area (Å²) in [5.74, 6) is -0.318. The highest BCUT2D eigenvalue weighted by Gasteiger charge is 2.24. The lowest BCUT2D eigenvalue weighted by Crippen LogP contribution is -2.33. The van der Waals surface area contributed by atoms with E-state index in [1.54, 1.807) is 16.4 Å². The van der Waals surface area contributed by atoms with Gasteiger partial charge in [0, 0.05) is 29.1 Å². The molecule has 8 heteroatoms. The van der Waals surface area contributed by atoms with Gasteiger partial charge in [0.25, 0.3) is 5.91 Å². The minimum absolute atomic E-state index is 0.211. The Bertz CT molecular complexity index is 1150. The molecule has 1 heterocycles. The van der Waals surface area contributed by atoms with Crippen molar-refractivity contribution >= 4 is 32.4 Å². The third-order valence-corrected chi connectivity index (χ3v) is 8.14. The third kappa shape index (κ3) is 6.28. The zero-order valence-corrected chi connectivity index (χ0v) is 21.0. The number of nitrogens with one attached hydrogen (secondary N) is 1. The van der Waals surface area contributed by atoms with Crippen molar-refractivity contribution in [2.75, 3.05) is 18.4 Å². The first kappa shape index (κ1) is 25.1. The molecule has 0 aliphatic rings. The number of aryl methyl sites for hydroxylation is 1. The average Bonchev–Trinajstić information content (AvgIpc) is 3.19. The van der Waals surface area contributed by atoms with E-state index >= 15 is 0 Å². The van der Waals surface area contributed by atoms with E-state index in [-0.39, 0.29) is 10.8 Å². The maximum Gasteiger partial charge on any atom is 0.257 e. The van der Waals surface area contributed by atoms with Crippen molar-refractivity contribution in [2.24, 2.45) is 0 Å². The van der Waals surface area contributed by atoms with Gasteiger partial charge in [0.2, 0.25) is 10.0 Å². The van der Waals surface area contributed by atoms with Gasteiger partial charge >= 0.3 is 0 Å². The molecule has 6 nitrogen and oxygen atoms in total. The van der Waals surface area contributed by atoms with E-state index in [1.807, 2.05) is 51.1 Å². The van der Waals surface area contributed by atoms with Crippen molar-refractivity contribution < 1.29 is 13.2 Å². The number of nitrogens with zero attached hydrogens (tertiary/aromatic N) is 2. The molecule has 0 bridgehead atoms. The van der Waals surface area contributed by atoms with Gasteiger partial charge in [-0.1, -0.05) is 57.0 Å². The fourth-order valence-electron chi connectivity index (χ4n) is 3.43. The summed E-state index contributed by atoms with van der Waals surface area (Å²) < 4.78 is 27.8. The molecular formula is C25H31N3O3S2. The van der Waals surface area contributed by atoms with E-state index in [0.29, 0.717) is 23.8 Å². The number of benzene rings is 2. The molecule has 0 radical (unpaired) electrons. The van der Waals surface area contributed by atoms with Gasteiger partial charge < -0.3 is 0 Å². The smallest absolute Gasteiger partial charge is 0.257 e. The lowest BCUT2D eigenvalue weighted by atomic mass is 10.1. The summed E-state index contributed by atoms with van der Waals surface area (Å²) >= 11 is 1.41. The van der Waals surface area contributed by atoms with Gasteiger partial charge in [0.05, 0.1) is 10.6 Å². The minimum atomic E-state index is -3.59. The molecule has 3 rings (SSSR count). The van der Waals surface area contributed by atoms with Crippen molar-refractivity contribution in [2.45, 2.75) is 51.3 Å². The molecule has 0 saturated heterocycles. The van der Waals surface area contributed by atoms with Crippen molar-refractivity contribution in [3.05, 3.63) is 65.0 Å². The monoisotopic (exact) mass is 485 g/mol. The lowest BCUT2D eigenvalue weighted by molar-refractivity contribution is 0.102. The second kappa shape index (κ2) is 11.5. The molecule has 0 fully saturated rings. The van der Waals surface area contributed by atoms with Crippen molar-refractivity contribution in [1.29, 1.82) is 0 Å². The Morgan fingerprint density at radius 1 is 0.970 bits per heavy atom. The lowest BCUT2D eigenvalue weighted by Gasteiger charge is -2.22. The number of amides is 1. The first-order valence-corrected chi connectivity index (χ1v) is 13.6. The first-order chi connectivity index (χ1) is 15.9. The van der Waals surface area contributed by atoms with Gasteiger partial charge in [-0.05, 0) is 44.0 Å². The highest BCUT2D eigenvalue weighted by molar-refractivity contribution is 7.89. The quantitative estimate of drug-likeness (QED) is 0.363. The highest BCUT2D eigenvalue weighted by Crippen LogP contribution is 2.30. The second-order valence-corrected chi connectivity index (χ2v) is 11.0. The average molecular weight is 486 g/mol. The molecular weight excluding hydrogens is 454 g/mol. The number of anilines is 1.